The van der Waals surface area contributed by atoms with Gasteiger partial charge in [0.15, 0.2) is 0 Å². The number of aryl methyl sites for hydroxylation is 1. The van der Waals surface area contributed by atoms with E-state index in [4.69, 9.17) is 4.74 Å². The molecule has 116 valence electrons. The summed E-state index contributed by atoms with van der Waals surface area (Å²) >= 11 is 0. The first-order valence-electron chi connectivity index (χ1n) is 7.36. The van der Waals surface area contributed by atoms with Crippen molar-refractivity contribution in [2.45, 2.75) is 40.0 Å². The second-order valence-corrected chi connectivity index (χ2v) is 5.55. The molecule has 7 nitrogen and oxygen atoms in total. The highest BCUT2D eigenvalue weighted by Gasteiger charge is 2.24. The van der Waals surface area contributed by atoms with Gasteiger partial charge in [0.1, 0.15) is 17.3 Å². The number of pyridine rings is 1. The Labute approximate surface area is 128 Å². The minimum absolute atomic E-state index is 0.0226. The van der Waals surface area contributed by atoms with E-state index in [1.165, 1.54) is 0 Å². The average Bonchev–Trinajstić information content (AvgIpc) is 2.85. The van der Waals surface area contributed by atoms with Gasteiger partial charge in [-0.15, -0.1) is 0 Å². The number of aromatic nitrogens is 4. The highest BCUT2D eigenvalue weighted by Crippen LogP contribution is 2.15. The molecule has 7 heteroatoms. The molecular formula is C15H19N5O2. The van der Waals surface area contributed by atoms with Gasteiger partial charge in [0, 0.05) is 12.6 Å². The van der Waals surface area contributed by atoms with Crippen molar-refractivity contribution in [1.29, 1.82) is 0 Å². The topological polar surface area (TPSA) is 73.1 Å². The molecule has 2 aromatic heterocycles. The number of hydrogen-bond donors (Lipinski definition) is 0. The lowest BCUT2D eigenvalue weighted by Gasteiger charge is -2.26. The fourth-order valence-electron chi connectivity index (χ4n) is 2.44. The second kappa shape index (κ2) is 5.75. The first kappa shape index (κ1) is 14.5. The Morgan fingerprint density at radius 1 is 1.27 bits per heavy atom. The summed E-state index contributed by atoms with van der Waals surface area (Å²) in [5.74, 6) is 1.90. The second-order valence-electron chi connectivity index (χ2n) is 5.55. The Balaban J connectivity index is 1.77. The molecule has 0 saturated carbocycles. The van der Waals surface area contributed by atoms with Gasteiger partial charge in [-0.3, -0.25) is 4.79 Å². The molecule has 3 heterocycles. The van der Waals surface area contributed by atoms with Crippen LogP contribution in [0.5, 0.6) is 5.88 Å². The van der Waals surface area contributed by atoms with E-state index in [0.29, 0.717) is 31.2 Å². The maximum atomic E-state index is 12.6. The van der Waals surface area contributed by atoms with Crippen LogP contribution in [-0.4, -0.2) is 43.2 Å². The van der Waals surface area contributed by atoms with E-state index in [0.717, 1.165) is 11.6 Å². The van der Waals surface area contributed by atoms with Gasteiger partial charge in [0.2, 0.25) is 5.88 Å². The van der Waals surface area contributed by atoms with Crippen molar-refractivity contribution >= 4 is 5.91 Å². The van der Waals surface area contributed by atoms with Crippen molar-refractivity contribution in [1.82, 2.24) is 24.6 Å². The summed E-state index contributed by atoms with van der Waals surface area (Å²) < 4.78 is 7.40. The minimum atomic E-state index is -0.110. The predicted molar refractivity (Wildman–Crippen MR) is 79.5 cm³/mol. The van der Waals surface area contributed by atoms with E-state index >= 15 is 0 Å². The lowest BCUT2D eigenvalue weighted by Crippen LogP contribution is -2.39. The molecule has 1 amide bonds. The third-order valence-electron chi connectivity index (χ3n) is 3.35. The minimum Gasteiger partial charge on any atom is -0.475 e. The molecule has 1 aliphatic rings. The van der Waals surface area contributed by atoms with Crippen LogP contribution < -0.4 is 4.74 Å². The Bertz CT molecular complexity index is 695. The fourth-order valence-corrected chi connectivity index (χ4v) is 2.44. The smallest absolute Gasteiger partial charge is 0.273 e. The monoisotopic (exact) mass is 301 g/mol. The molecule has 0 fully saturated rings. The highest BCUT2D eigenvalue weighted by atomic mass is 16.5. The van der Waals surface area contributed by atoms with E-state index in [1.54, 1.807) is 23.1 Å². The van der Waals surface area contributed by atoms with Gasteiger partial charge < -0.3 is 9.64 Å². The van der Waals surface area contributed by atoms with Crippen molar-refractivity contribution in [3.63, 3.8) is 0 Å². The predicted octanol–water partition coefficient (Wildman–Crippen LogP) is 1.42. The SMILES string of the molecule is Cc1nc2n(n1)CCN(C(=O)c1cccc(OC(C)C)n1)C2. The van der Waals surface area contributed by atoms with E-state index < -0.39 is 0 Å². The van der Waals surface area contributed by atoms with Gasteiger partial charge in [0.05, 0.1) is 19.2 Å². The van der Waals surface area contributed by atoms with Crippen LogP contribution in [0.3, 0.4) is 0 Å². The van der Waals surface area contributed by atoms with Crippen LogP contribution in [0.1, 0.15) is 36.0 Å². The highest BCUT2D eigenvalue weighted by molar-refractivity contribution is 5.92. The Kier molecular flexibility index (Phi) is 3.79. The van der Waals surface area contributed by atoms with Crippen LogP contribution in [0, 0.1) is 6.92 Å². The zero-order chi connectivity index (χ0) is 15.7. The first-order chi connectivity index (χ1) is 10.5. The van der Waals surface area contributed by atoms with Crippen LogP contribution in [0.4, 0.5) is 0 Å². The molecule has 0 unspecified atom stereocenters. The molecule has 3 rings (SSSR count). The lowest BCUT2D eigenvalue weighted by molar-refractivity contribution is 0.0694. The van der Waals surface area contributed by atoms with Crippen LogP contribution in [-0.2, 0) is 13.1 Å². The number of hydrogen-bond acceptors (Lipinski definition) is 5. The molecule has 0 bridgehead atoms. The maximum absolute atomic E-state index is 12.6. The lowest BCUT2D eigenvalue weighted by atomic mass is 10.2. The number of rotatable bonds is 3. The van der Waals surface area contributed by atoms with Crippen molar-refractivity contribution in [2.75, 3.05) is 6.54 Å². The quantitative estimate of drug-likeness (QED) is 0.857. The summed E-state index contributed by atoms with van der Waals surface area (Å²) in [6, 6.07) is 5.25. The molecule has 0 spiro atoms. The Hall–Kier alpha value is -2.44. The summed E-state index contributed by atoms with van der Waals surface area (Å²) in [6.07, 6.45) is 0.0226. The zero-order valence-electron chi connectivity index (χ0n) is 13.0. The zero-order valence-corrected chi connectivity index (χ0v) is 13.0. The van der Waals surface area contributed by atoms with Crippen LogP contribution >= 0.6 is 0 Å². The fraction of sp³-hybridized carbons (Fsp3) is 0.467. The number of carbonyl (C=O) groups is 1. The molecule has 0 aliphatic carbocycles. The van der Waals surface area contributed by atoms with Crippen molar-refractivity contribution in [3.05, 3.63) is 35.5 Å². The molecular weight excluding hydrogens is 282 g/mol. The molecule has 0 aromatic carbocycles. The first-order valence-corrected chi connectivity index (χ1v) is 7.36. The summed E-state index contributed by atoms with van der Waals surface area (Å²) in [5.41, 5.74) is 0.392. The van der Waals surface area contributed by atoms with Gasteiger partial charge in [-0.1, -0.05) is 6.07 Å². The third-order valence-corrected chi connectivity index (χ3v) is 3.35. The van der Waals surface area contributed by atoms with E-state index in [1.807, 2.05) is 25.5 Å². The number of amides is 1. The Morgan fingerprint density at radius 2 is 2.09 bits per heavy atom. The Morgan fingerprint density at radius 3 is 2.86 bits per heavy atom. The van der Waals surface area contributed by atoms with Gasteiger partial charge in [-0.2, -0.15) is 5.10 Å². The average molecular weight is 301 g/mol. The van der Waals surface area contributed by atoms with Crippen LogP contribution in [0.2, 0.25) is 0 Å². The summed E-state index contributed by atoms with van der Waals surface area (Å²) in [6.45, 7) is 7.42. The third kappa shape index (κ3) is 2.93. The summed E-state index contributed by atoms with van der Waals surface area (Å²) in [5, 5.41) is 4.30. The van der Waals surface area contributed by atoms with E-state index in [9.17, 15) is 4.79 Å². The molecule has 0 atom stereocenters. The summed E-state index contributed by atoms with van der Waals surface area (Å²) in [7, 11) is 0. The van der Waals surface area contributed by atoms with Gasteiger partial charge in [0.25, 0.3) is 5.91 Å². The summed E-state index contributed by atoms with van der Waals surface area (Å²) in [4.78, 5) is 23.0. The number of carbonyl (C=O) groups excluding carboxylic acids is 1. The van der Waals surface area contributed by atoms with Crippen LogP contribution in [0.25, 0.3) is 0 Å². The molecule has 22 heavy (non-hydrogen) atoms. The van der Waals surface area contributed by atoms with Gasteiger partial charge >= 0.3 is 0 Å². The van der Waals surface area contributed by atoms with E-state index in [-0.39, 0.29) is 12.0 Å². The number of ether oxygens (including phenoxy) is 1. The molecule has 0 radical (unpaired) electrons. The molecule has 2 aromatic rings. The number of nitrogens with zero attached hydrogens (tertiary/aromatic N) is 5. The van der Waals surface area contributed by atoms with Crippen molar-refractivity contribution in [2.24, 2.45) is 0 Å². The van der Waals surface area contributed by atoms with Crippen molar-refractivity contribution < 1.29 is 9.53 Å². The van der Waals surface area contributed by atoms with Crippen LogP contribution in [0.15, 0.2) is 18.2 Å². The largest absolute Gasteiger partial charge is 0.475 e. The molecule has 1 aliphatic heterocycles. The molecule has 0 saturated heterocycles. The van der Waals surface area contributed by atoms with Gasteiger partial charge in [-0.05, 0) is 26.8 Å². The number of fused-ring (bicyclic) bond motifs is 1. The maximum Gasteiger partial charge on any atom is 0.273 e. The molecule has 0 N–H and O–H groups in total. The normalized spacial score (nSPS) is 14.1. The van der Waals surface area contributed by atoms with Gasteiger partial charge in [-0.25, -0.2) is 14.6 Å². The standard InChI is InChI=1S/C15H19N5O2/c1-10(2)22-14-6-4-5-12(17-14)15(21)19-7-8-20-13(9-19)16-11(3)18-20/h4-6,10H,7-9H2,1-3H3. The van der Waals surface area contributed by atoms with E-state index in [2.05, 4.69) is 15.1 Å². The van der Waals surface area contributed by atoms with Crippen molar-refractivity contribution in [3.8, 4) is 5.88 Å².